The number of methoxy groups -OCH3 is 1. The van der Waals surface area contributed by atoms with Gasteiger partial charge in [-0.05, 0) is 0 Å². The van der Waals surface area contributed by atoms with E-state index in [1.54, 1.807) is 0 Å². The average molecular weight is 211 g/mol. The molecule has 0 amide bonds. The lowest BCUT2D eigenvalue weighted by Crippen LogP contribution is -2.40. The van der Waals surface area contributed by atoms with Gasteiger partial charge in [0, 0.05) is 13.2 Å². The van der Waals surface area contributed by atoms with Gasteiger partial charge in [-0.3, -0.25) is 0 Å². The highest BCUT2D eigenvalue weighted by atomic mass is 19.3. The third-order valence-corrected chi connectivity index (χ3v) is 1.51. The van der Waals surface area contributed by atoms with E-state index in [0.717, 1.165) is 0 Å². The molecule has 14 heavy (non-hydrogen) atoms. The minimum Gasteiger partial charge on any atom is -0.382 e. The standard InChI is InChI=1S/C9H19F2NO2/c1-8(2)12-6-9(10,11)7-14-5-4-13-3/h8,12H,4-7H2,1-3H3. The molecule has 0 bridgehead atoms. The minimum absolute atomic E-state index is 0.0554. The van der Waals surface area contributed by atoms with E-state index in [1.807, 2.05) is 13.8 Å². The van der Waals surface area contributed by atoms with E-state index in [0.29, 0.717) is 6.61 Å². The van der Waals surface area contributed by atoms with Crippen LogP contribution in [-0.2, 0) is 9.47 Å². The Labute approximate surface area is 83.8 Å². The SMILES string of the molecule is COCCOCC(F)(F)CNC(C)C. The molecule has 0 atom stereocenters. The molecule has 1 N–H and O–H groups in total. The van der Waals surface area contributed by atoms with Crippen molar-refractivity contribution in [2.24, 2.45) is 0 Å². The molecule has 0 aromatic rings. The Bertz CT molecular complexity index is 143. The van der Waals surface area contributed by atoms with Crippen LogP contribution in [0.5, 0.6) is 0 Å². The summed E-state index contributed by atoms with van der Waals surface area (Å²) in [7, 11) is 1.50. The lowest BCUT2D eigenvalue weighted by Gasteiger charge is -2.18. The van der Waals surface area contributed by atoms with Crippen molar-refractivity contribution in [3.8, 4) is 0 Å². The molecule has 0 rings (SSSR count). The third-order valence-electron chi connectivity index (χ3n) is 1.51. The second-order valence-corrected chi connectivity index (χ2v) is 3.44. The molecule has 86 valence electrons. The molecule has 0 aliphatic carbocycles. The smallest absolute Gasteiger partial charge is 0.283 e. The van der Waals surface area contributed by atoms with E-state index < -0.39 is 12.5 Å². The molecule has 0 aromatic carbocycles. The van der Waals surface area contributed by atoms with Crippen LogP contribution in [0.25, 0.3) is 0 Å². The van der Waals surface area contributed by atoms with E-state index in [2.05, 4.69) is 10.1 Å². The van der Waals surface area contributed by atoms with Crippen LogP contribution in [0.4, 0.5) is 8.78 Å². The van der Waals surface area contributed by atoms with Crippen LogP contribution < -0.4 is 5.32 Å². The van der Waals surface area contributed by atoms with Crippen molar-refractivity contribution in [1.82, 2.24) is 5.32 Å². The Hall–Kier alpha value is -0.260. The van der Waals surface area contributed by atoms with E-state index >= 15 is 0 Å². The molecule has 0 radical (unpaired) electrons. The molecule has 0 aromatic heterocycles. The van der Waals surface area contributed by atoms with E-state index in [4.69, 9.17) is 4.74 Å². The van der Waals surface area contributed by atoms with Gasteiger partial charge >= 0.3 is 0 Å². The van der Waals surface area contributed by atoms with Gasteiger partial charge in [-0.25, -0.2) is 8.78 Å². The van der Waals surface area contributed by atoms with Gasteiger partial charge < -0.3 is 14.8 Å². The van der Waals surface area contributed by atoms with E-state index in [1.165, 1.54) is 7.11 Å². The molecular weight excluding hydrogens is 192 g/mol. The quantitative estimate of drug-likeness (QED) is 0.613. The van der Waals surface area contributed by atoms with E-state index in [-0.39, 0.29) is 19.2 Å². The Morgan fingerprint density at radius 1 is 1.29 bits per heavy atom. The number of alkyl halides is 2. The van der Waals surface area contributed by atoms with Crippen LogP contribution >= 0.6 is 0 Å². The molecule has 0 saturated heterocycles. The van der Waals surface area contributed by atoms with Crippen molar-refractivity contribution in [1.29, 1.82) is 0 Å². The lowest BCUT2D eigenvalue weighted by atomic mass is 10.3. The summed E-state index contributed by atoms with van der Waals surface area (Å²) in [6.45, 7) is 3.28. The zero-order valence-corrected chi connectivity index (χ0v) is 8.98. The maximum absolute atomic E-state index is 13.0. The van der Waals surface area contributed by atoms with Gasteiger partial charge in [-0.1, -0.05) is 13.8 Å². The summed E-state index contributed by atoms with van der Waals surface area (Å²) in [4.78, 5) is 0. The van der Waals surface area contributed by atoms with Gasteiger partial charge in [0.05, 0.1) is 19.8 Å². The fourth-order valence-electron chi connectivity index (χ4n) is 0.768. The summed E-state index contributed by atoms with van der Waals surface area (Å²) in [6, 6.07) is 0.0554. The first-order valence-corrected chi connectivity index (χ1v) is 4.66. The number of ether oxygens (including phenoxy) is 2. The first-order valence-electron chi connectivity index (χ1n) is 4.66. The summed E-state index contributed by atoms with van der Waals surface area (Å²) in [5.41, 5.74) is 0. The van der Waals surface area contributed by atoms with Gasteiger partial charge in [0.15, 0.2) is 0 Å². The van der Waals surface area contributed by atoms with Crippen molar-refractivity contribution in [3.63, 3.8) is 0 Å². The molecule has 3 nitrogen and oxygen atoms in total. The van der Waals surface area contributed by atoms with Crippen LogP contribution in [0.1, 0.15) is 13.8 Å². The summed E-state index contributed by atoms with van der Waals surface area (Å²) < 4.78 is 35.4. The summed E-state index contributed by atoms with van der Waals surface area (Å²) in [5, 5.41) is 2.67. The summed E-state index contributed by atoms with van der Waals surface area (Å²) >= 11 is 0. The monoisotopic (exact) mass is 211 g/mol. The molecule has 5 heteroatoms. The fourth-order valence-corrected chi connectivity index (χ4v) is 0.768. The maximum Gasteiger partial charge on any atom is 0.283 e. The Balaban J connectivity index is 3.50. The number of nitrogens with one attached hydrogen (secondary N) is 1. The summed E-state index contributed by atoms with van der Waals surface area (Å²) in [6.07, 6.45) is 0. The fraction of sp³-hybridized carbons (Fsp3) is 1.00. The first kappa shape index (κ1) is 13.7. The van der Waals surface area contributed by atoms with Crippen molar-refractivity contribution >= 4 is 0 Å². The Kier molecular flexibility index (Phi) is 6.96. The average Bonchev–Trinajstić information content (AvgIpc) is 2.10. The first-order chi connectivity index (χ1) is 6.48. The second kappa shape index (κ2) is 7.09. The molecule has 0 spiro atoms. The molecule has 0 aliphatic rings. The Morgan fingerprint density at radius 3 is 2.43 bits per heavy atom. The highest BCUT2D eigenvalue weighted by molar-refractivity contribution is 4.70. The normalized spacial score (nSPS) is 12.4. The molecule has 0 aliphatic heterocycles. The summed E-state index contributed by atoms with van der Waals surface area (Å²) in [5.74, 6) is -2.81. The van der Waals surface area contributed by atoms with Crippen molar-refractivity contribution in [2.75, 3.05) is 33.5 Å². The van der Waals surface area contributed by atoms with Crippen molar-refractivity contribution < 1.29 is 18.3 Å². The van der Waals surface area contributed by atoms with Gasteiger partial charge in [-0.2, -0.15) is 0 Å². The van der Waals surface area contributed by atoms with Crippen molar-refractivity contribution in [3.05, 3.63) is 0 Å². The largest absolute Gasteiger partial charge is 0.382 e. The second-order valence-electron chi connectivity index (χ2n) is 3.44. The van der Waals surface area contributed by atoms with Crippen LogP contribution in [0.15, 0.2) is 0 Å². The molecule has 0 heterocycles. The number of rotatable bonds is 8. The maximum atomic E-state index is 13.0. The zero-order chi connectivity index (χ0) is 11.0. The highest BCUT2D eigenvalue weighted by Gasteiger charge is 2.28. The van der Waals surface area contributed by atoms with Crippen LogP contribution in [0.2, 0.25) is 0 Å². The van der Waals surface area contributed by atoms with Gasteiger partial charge in [0.25, 0.3) is 5.92 Å². The molecule has 0 fully saturated rings. The number of hydrogen-bond acceptors (Lipinski definition) is 3. The zero-order valence-electron chi connectivity index (χ0n) is 8.98. The van der Waals surface area contributed by atoms with Crippen molar-refractivity contribution in [2.45, 2.75) is 25.8 Å². The predicted octanol–water partition coefficient (Wildman–Crippen LogP) is 1.28. The molecule has 0 unspecified atom stereocenters. The van der Waals surface area contributed by atoms with Gasteiger partial charge in [0.2, 0.25) is 0 Å². The lowest BCUT2D eigenvalue weighted by molar-refractivity contribution is -0.0819. The number of halogens is 2. The van der Waals surface area contributed by atoms with Crippen LogP contribution in [0, 0.1) is 0 Å². The van der Waals surface area contributed by atoms with Crippen LogP contribution in [0.3, 0.4) is 0 Å². The Morgan fingerprint density at radius 2 is 1.93 bits per heavy atom. The predicted molar refractivity (Wildman–Crippen MR) is 50.8 cm³/mol. The highest BCUT2D eigenvalue weighted by Crippen LogP contribution is 2.12. The van der Waals surface area contributed by atoms with Gasteiger partial charge in [-0.15, -0.1) is 0 Å². The number of hydrogen-bond donors (Lipinski definition) is 1. The van der Waals surface area contributed by atoms with E-state index in [9.17, 15) is 8.78 Å². The van der Waals surface area contributed by atoms with Gasteiger partial charge in [0.1, 0.15) is 6.61 Å². The topological polar surface area (TPSA) is 30.5 Å². The van der Waals surface area contributed by atoms with Crippen LogP contribution in [-0.4, -0.2) is 45.4 Å². The molecular formula is C9H19F2NO2. The third kappa shape index (κ3) is 8.34. The minimum atomic E-state index is -2.81. The molecule has 0 saturated carbocycles.